The van der Waals surface area contributed by atoms with Gasteiger partial charge in [-0.3, -0.25) is 4.79 Å². The topological polar surface area (TPSA) is 50.4 Å². The molecule has 17 heavy (non-hydrogen) atoms. The third-order valence-corrected chi connectivity index (χ3v) is 4.74. The summed E-state index contributed by atoms with van der Waals surface area (Å²) in [4.78, 5) is 12.1. The molecule has 1 saturated heterocycles. The molecule has 1 aliphatic carbocycles. The van der Waals surface area contributed by atoms with E-state index in [2.05, 4.69) is 16.9 Å². The first kappa shape index (κ1) is 13.2. The Labute approximate surface area is 107 Å². The van der Waals surface area contributed by atoms with Crippen molar-refractivity contribution in [2.45, 2.75) is 43.0 Å². The Hall–Kier alpha value is -0.260. The Morgan fingerprint density at radius 2 is 2.24 bits per heavy atom. The van der Waals surface area contributed by atoms with E-state index in [1.54, 1.807) is 0 Å². The number of amides is 1. The largest absolute Gasteiger partial charge is 0.378 e. The van der Waals surface area contributed by atoms with Crippen LogP contribution in [0.4, 0.5) is 0 Å². The molecule has 0 bridgehead atoms. The van der Waals surface area contributed by atoms with Gasteiger partial charge in [0.1, 0.15) is 6.04 Å². The highest BCUT2D eigenvalue weighted by Gasteiger charge is 2.29. The number of thioether (sulfide) groups is 1. The number of carbonyl (C=O) groups is 1. The molecule has 0 radical (unpaired) electrons. The van der Waals surface area contributed by atoms with Gasteiger partial charge in [0.2, 0.25) is 5.91 Å². The van der Waals surface area contributed by atoms with Gasteiger partial charge in [-0.25, -0.2) is 0 Å². The normalized spacial score (nSPS) is 34.3. The molecule has 5 heteroatoms. The van der Waals surface area contributed by atoms with Crippen molar-refractivity contribution in [3.63, 3.8) is 0 Å². The van der Waals surface area contributed by atoms with Crippen LogP contribution in [0.5, 0.6) is 0 Å². The summed E-state index contributed by atoms with van der Waals surface area (Å²) in [6.07, 6.45) is 7.00. The fraction of sp³-hybridized carbons (Fsp3) is 0.917. The van der Waals surface area contributed by atoms with E-state index in [0.717, 1.165) is 13.0 Å². The van der Waals surface area contributed by atoms with Gasteiger partial charge in [-0.05, 0) is 19.1 Å². The van der Waals surface area contributed by atoms with Crippen molar-refractivity contribution in [3.05, 3.63) is 0 Å². The molecular formula is C12H22N2O2S. The van der Waals surface area contributed by atoms with Gasteiger partial charge >= 0.3 is 0 Å². The zero-order valence-corrected chi connectivity index (χ0v) is 11.2. The summed E-state index contributed by atoms with van der Waals surface area (Å²) in [7, 11) is 0. The molecule has 0 aromatic heterocycles. The Balaban J connectivity index is 1.83. The molecule has 3 unspecified atom stereocenters. The summed E-state index contributed by atoms with van der Waals surface area (Å²) >= 11 is 1.88. The van der Waals surface area contributed by atoms with Crippen LogP contribution in [0.15, 0.2) is 0 Å². The molecule has 1 saturated carbocycles. The Morgan fingerprint density at radius 1 is 1.41 bits per heavy atom. The Bertz CT molecular complexity index is 257. The third kappa shape index (κ3) is 3.60. The van der Waals surface area contributed by atoms with E-state index in [-0.39, 0.29) is 11.9 Å². The number of rotatable bonds is 3. The van der Waals surface area contributed by atoms with E-state index < -0.39 is 0 Å². The number of ether oxygens (including phenoxy) is 1. The lowest BCUT2D eigenvalue weighted by atomic mass is 9.94. The van der Waals surface area contributed by atoms with E-state index in [4.69, 9.17) is 4.74 Å². The molecule has 1 amide bonds. The fourth-order valence-corrected chi connectivity index (χ4v) is 3.50. The summed E-state index contributed by atoms with van der Waals surface area (Å²) in [6.45, 7) is 1.98. The Morgan fingerprint density at radius 3 is 2.94 bits per heavy atom. The van der Waals surface area contributed by atoms with Crippen molar-refractivity contribution in [2.24, 2.45) is 0 Å². The van der Waals surface area contributed by atoms with Crippen molar-refractivity contribution in [2.75, 3.05) is 26.0 Å². The average Bonchev–Trinajstić information content (AvgIpc) is 2.40. The molecular weight excluding hydrogens is 236 g/mol. The summed E-state index contributed by atoms with van der Waals surface area (Å²) in [5, 5.41) is 6.97. The maximum Gasteiger partial charge on any atom is 0.239 e. The predicted octanol–water partition coefficient (Wildman–Crippen LogP) is 0.765. The number of hydrogen-bond donors (Lipinski definition) is 2. The molecule has 2 aliphatic rings. The summed E-state index contributed by atoms with van der Waals surface area (Å²) < 4.78 is 5.32. The van der Waals surface area contributed by atoms with E-state index in [1.807, 2.05) is 11.8 Å². The Kier molecular flexibility index (Phi) is 5.13. The van der Waals surface area contributed by atoms with Crippen molar-refractivity contribution < 1.29 is 9.53 Å². The lowest BCUT2D eigenvalue weighted by Crippen LogP contribution is -2.55. The second-order valence-corrected chi connectivity index (χ2v) is 5.83. The van der Waals surface area contributed by atoms with Gasteiger partial charge in [0, 0.05) is 17.8 Å². The number of morpholine rings is 1. The van der Waals surface area contributed by atoms with Crippen LogP contribution >= 0.6 is 11.8 Å². The number of nitrogens with one attached hydrogen (secondary N) is 2. The predicted molar refractivity (Wildman–Crippen MR) is 70.3 cm³/mol. The first-order valence-corrected chi connectivity index (χ1v) is 7.74. The SMILES string of the molecule is CSC1CCCCC1NC(=O)C1COCCN1. The molecule has 2 N–H and O–H groups in total. The molecule has 0 aromatic carbocycles. The van der Waals surface area contributed by atoms with Crippen molar-refractivity contribution in [3.8, 4) is 0 Å². The fourth-order valence-electron chi connectivity index (χ4n) is 2.56. The summed E-state index contributed by atoms with van der Waals surface area (Å²) in [5.41, 5.74) is 0. The molecule has 1 heterocycles. The quantitative estimate of drug-likeness (QED) is 0.785. The van der Waals surface area contributed by atoms with Gasteiger partial charge in [0.25, 0.3) is 0 Å². The van der Waals surface area contributed by atoms with Crippen LogP contribution in [-0.2, 0) is 9.53 Å². The maximum atomic E-state index is 12.1. The van der Waals surface area contributed by atoms with Crippen LogP contribution in [-0.4, -0.2) is 49.3 Å². The van der Waals surface area contributed by atoms with Crippen LogP contribution in [0.1, 0.15) is 25.7 Å². The zero-order chi connectivity index (χ0) is 12.1. The highest BCUT2D eigenvalue weighted by molar-refractivity contribution is 7.99. The molecule has 3 atom stereocenters. The minimum atomic E-state index is -0.159. The number of hydrogen-bond acceptors (Lipinski definition) is 4. The summed E-state index contributed by atoms with van der Waals surface area (Å²) in [6, 6.07) is 0.183. The van der Waals surface area contributed by atoms with Gasteiger partial charge in [-0.15, -0.1) is 0 Å². The maximum absolute atomic E-state index is 12.1. The van der Waals surface area contributed by atoms with E-state index in [9.17, 15) is 4.79 Å². The van der Waals surface area contributed by atoms with Crippen molar-refractivity contribution >= 4 is 17.7 Å². The standard InChI is InChI=1S/C12H22N2O2S/c1-17-11-5-3-2-4-9(11)14-12(15)10-8-16-7-6-13-10/h9-11,13H,2-8H2,1H3,(H,14,15). The van der Waals surface area contributed by atoms with Crippen LogP contribution < -0.4 is 10.6 Å². The monoisotopic (exact) mass is 258 g/mol. The minimum Gasteiger partial charge on any atom is -0.378 e. The molecule has 98 valence electrons. The highest BCUT2D eigenvalue weighted by Crippen LogP contribution is 2.27. The smallest absolute Gasteiger partial charge is 0.239 e. The van der Waals surface area contributed by atoms with Crippen LogP contribution in [0.3, 0.4) is 0 Å². The van der Waals surface area contributed by atoms with Gasteiger partial charge in [0.05, 0.1) is 13.2 Å². The zero-order valence-electron chi connectivity index (χ0n) is 10.4. The molecule has 1 aliphatic heterocycles. The second-order valence-electron chi connectivity index (χ2n) is 4.76. The number of carbonyl (C=O) groups excluding carboxylic acids is 1. The highest BCUT2D eigenvalue weighted by atomic mass is 32.2. The van der Waals surface area contributed by atoms with Crippen LogP contribution in [0, 0.1) is 0 Å². The molecule has 0 aromatic rings. The van der Waals surface area contributed by atoms with Gasteiger partial charge in [-0.1, -0.05) is 12.8 Å². The van der Waals surface area contributed by atoms with Gasteiger partial charge in [-0.2, -0.15) is 11.8 Å². The van der Waals surface area contributed by atoms with E-state index >= 15 is 0 Å². The minimum absolute atomic E-state index is 0.107. The molecule has 2 fully saturated rings. The lowest BCUT2D eigenvalue weighted by Gasteiger charge is -2.33. The second kappa shape index (κ2) is 6.61. The molecule has 2 rings (SSSR count). The van der Waals surface area contributed by atoms with Crippen molar-refractivity contribution in [1.82, 2.24) is 10.6 Å². The van der Waals surface area contributed by atoms with Crippen LogP contribution in [0.2, 0.25) is 0 Å². The van der Waals surface area contributed by atoms with Gasteiger partial charge < -0.3 is 15.4 Å². The van der Waals surface area contributed by atoms with Gasteiger partial charge in [0.15, 0.2) is 0 Å². The van der Waals surface area contributed by atoms with E-state index in [1.165, 1.54) is 19.3 Å². The average molecular weight is 258 g/mol. The van der Waals surface area contributed by atoms with Crippen molar-refractivity contribution in [1.29, 1.82) is 0 Å². The van der Waals surface area contributed by atoms with E-state index in [0.29, 0.717) is 24.5 Å². The first-order chi connectivity index (χ1) is 8.31. The van der Waals surface area contributed by atoms with Crippen LogP contribution in [0.25, 0.3) is 0 Å². The molecule has 4 nitrogen and oxygen atoms in total. The lowest BCUT2D eigenvalue weighted by molar-refractivity contribution is -0.126. The summed E-state index contributed by atoms with van der Waals surface area (Å²) in [5.74, 6) is 0.107. The molecule has 0 spiro atoms. The third-order valence-electron chi connectivity index (χ3n) is 3.57. The first-order valence-electron chi connectivity index (χ1n) is 6.45.